The highest BCUT2D eigenvalue weighted by molar-refractivity contribution is 7.99. The third-order valence-electron chi connectivity index (χ3n) is 3.94. The first kappa shape index (κ1) is 22.0. The Bertz CT molecular complexity index is 1100. The Kier molecular flexibility index (Phi) is 6.35. The summed E-state index contributed by atoms with van der Waals surface area (Å²) in [6.45, 7) is 0. The zero-order chi connectivity index (χ0) is 22.6. The molecule has 2 amide bonds. The van der Waals surface area contributed by atoms with E-state index in [0.29, 0.717) is 22.5 Å². The lowest BCUT2D eigenvalue weighted by Gasteiger charge is -2.10. The minimum Gasteiger partial charge on any atom is -0.465 e. The number of carbonyl (C=O) groups excluding carboxylic acids is 1. The van der Waals surface area contributed by atoms with Crippen LogP contribution in [0.5, 0.6) is 0 Å². The van der Waals surface area contributed by atoms with Crippen molar-refractivity contribution in [2.24, 2.45) is 0 Å². The SMILES string of the molecule is Nc1cc(C(=O)Nc2ccc(C(F)(F)F)cn2)ccc1Sc1ccc(NC(=O)O)cc1. The monoisotopic (exact) mass is 448 g/mol. The van der Waals surface area contributed by atoms with Gasteiger partial charge in [0.15, 0.2) is 0 Å². The van der Waals surface area contributed by atoms with Gasteiger partial charge in [-0.2, -0.15) is 13.2 Å². The summed E-state index contributed by atoms with van der Waals surface area (Å²) in [6.07, 6.45) is -5.03. The highest BCUT2D eigenvalue weighted by Crippen LogP contribution is 2.33. The fourth-order valence-electron chi connectivity index (χ4n) is 2.46. The van der Waals surface area contributed by atoms with Gasteiger partial charge in [0, 0.05) is 32.9 Å². The number of amides is 2. The molecule has 160 valence electrons. The van der Waals surface area contributed by atoms with Crippen molar-refractivity contribution in [3.05, 3.63) is 71.9 Å². The molecular formula is C20H15F3N4O3S. The van der Waals surface area contributed by atoms with Gasteiger partial charge in [-0.15, -0.1) is 0 Å². The Labute approximate surface area is 178 Å². The summed E-state index contributed by atoms with van der Waals surface area (Å²) in [7, 11) is 0. The average Bonchev–Trinajstić information content (AvgIpc) is 2.70. The molecule has 0 bridgehead atoms. The number of hydrogen-bond donors (Lipinski definition) is 4. The summed E-state index contributed by atoms with van der Waals surface area (Å²) in [6, 6.07) is 13.1. The van der Waals surface area contributed by atoms with Gasteiger partial charge in [0.25, 0.3) is 5.91 Å². The number of alkyl halides is 3. The molecule has 0 radical (unpaired) electrons. The van der Waals surface area contributed by atoms with Crippen molar-refractivity contribution in [1.29, 1.82) is 0 Å². The maximum absolute atomic E-state index is 12.6. The smallest absolute Gasteiger partial charge is 0.417 e. The number of nitrogens with two attached hydrogens (primary N) is 1. The molecule has 0 spiro atoms. The molecule has 0 aliphatic carbocycles. The molecule has 0 unspecified atom stereocenters. The normalized spacial score (nSPS) is 11.1. The van der Waals surface area contributed by atoms with Crippen molar-refractivity contribution >= 4 is 41.0 Å². The van der Waals surface area contributed by atoms with E-state index < -0.39 is 23.7 Å². The fraction of sp³-hybridized carbons (Fsp3) is 0.0500. The van der Waals surface area contributed by atoms with Crippen molar-refractivity contribution in [1.82, 2.24) is 4.98 Å². The summed E-state index contributed by atoms with van der Waals surface area (Å²) in [4.78, 5) is 28.1. The van der Waals surface area contributed by atoms with Crippen LogP contribution in [0.15, 0.2) is 70.6 Å². The molecule has 0 saturated carbocycles. The van der Waals surface area contributed by atoms with Crippen LogP contribution in [0, 0.1) is 0 Å². The van der Waals surface area contributed by atoms with Gasteiger partial charge in [-0.05, 0) is 54.6 Å². The maximum Gasteiger partial charge on any atom is 0.417 e. The van der Waals surface area contributed by atoms with Gasteiger partial charge in [-0.1, -0.05) is 11.8 Å². The Morgan fingerprint density at radius 1 is 1.00 bits per heavy atom. The van der Waals surface area contributed by atoms with Gasteiger partial charge in [-0.25, -0.2) is 9.78 Å². The van der Waals surface area contributed by atoms with Crippen LogP contribution in [0.1, 0.15) is 15.9 Å². The van der Waals surface area contributed by atoms with E-state index in [9.17, 15) is 22.8 Å². The largest absolute Gasteiger partial charge is 0.465 e. The number of anilines is 3. The molecule has 0 aliphatic rings. The van der Waals surface area contributed by atoms with Gasteiger partial charge < -0.3 is 16.2 Å². The second kappa shape index (κ2) is 8.96. The van der Waals surface area contributed by atoms with Crippen molar-refractivity contribution in [2.75, 3.05) is 16.4 Å². The molecule has 11 heteroatoms. The number of aromatic nitrogens is 1. The fourth-order valence-corrected chi connectivity index (χ4v) is 3.30. The van der Waals surface area contributed by atoms with Crippen LogP contribution >= 0.6 is 11.8 Å². The molecule has 1 heterocycles. The van der Waals surface area contributed by atoms with E-state index in [2.05, 4.69) is 15.6 Å². The Morgan fingerprint density at radius 2 is 1.71 bits per heavy atom. The number of nitrogen functional groups attached to an aromatic ring is 1. The van der Waals surface area contributed by atoms with E-state index in [1.54, 1.807) is 30.3 Å². The van der Waals surface area contributed by atoms with Crippen molar-refractivity contribution in [2.45, 2.75) is 16.0 Å². The number of benzene rings is 2. The molecule has 31 heavy (non-hydrogen) atoms. The van der Waals surface area contributed by atoms with Crippen molar-refractivity contribution in [3.8, 4) is 0 Å². The molecule has 7 nitrogen and oxygen atoms in total. The van der Waals surface area contributed by atoms with Crippen LogP contribution in [-0.4, -0.2) is 22.1 Å². The molecule has 2 aromatic carbocycles. The van der Waals surface area contributed by atoms with Gasteiger partial charge in [0.2, 0.25) is 0 Å². The topological polar surface area (TPSA) is 117 Å². The van der Waals surface area contributed by atoms with Crippen LogP contribution in [0.4, 0.5) is 35.2 Å². The number of pyridine rings is 1. The second-order valence-corrected chi connectivity index (χ2v) is 7.31. The van der Waals surface area contributed by atoms with E-state index >= 15 is 0 Å². The molecule has 0 fully saturated rings. The quantitative estimate of drug-likeness (QED) is 0.400. The zero-order valence-corrected chi connectivity index (χ0v) is 16.4. The standard InChI is InChI=1S/C20H15F3N4O3S/c21-20(22,23)12-2-8-17(25-10-12)27-18(28)11-1-7-16(15(24)9-11)31-14-5-3-13(4-6-14)26-19(29)30/h1-10,26H,24H2,(H,29,30)(H,25,27,28). The summed E-state index contributed by atoms with van der Waals surface area (Å²) >= 11 is 1.32. The predicted molar refractivity (Wildman–Crippen MR) is 110 cm³/mol. The van der Waals surface area contributed by atoms with E-state index in [0.717, 1.165) is 17.0 Å². The first-order valence-electron chi connectivity index (χ1n) is 8.64. The molecule has 5 N–H and O–H groups in total. The maximum atomic E-state index is 12.6. The van der Waals surface area contributed by atoms with E-state index in [4.69, 9.17) is 10.8 Å². The van der Waals surface area contributed by atoms with Crippen LogP contribution in [0.2, 0.25) is 0 Å². The van der Waals surface area contributed by atoms with Gasteiger partial charge in [0.1, 0.15) is 5.82 Å². The highest BCUT2D eigenvalue weighted by atomic mass is 32.2. The average molecular weight is 448 g/mol. The highest BCUT2D eigenvalue weighted by Gasteiger charge is 2.30. The second-order valence-electron chi connectivity index (χ2n) is 6.19. The first-order chi connectivity index (χ1) is 14.6. The molecule has 3 aromatic rings. The summed E-state index contributed by atoms with van der Waals surface area (Å²) in [5, 5.41) is 13.4. The molecular weight excluding hydrogens is 433 g/mol. The Balaban J connectivity index is 1.67. The Hall–Kier alpha value is -3.73. The molecule has 1 aromatic heterocycles. The minimum absolute atomic E-state index is 0.0231. The number of carboxylic acid groups (broad SMARTS) is 1. The van der Waals surface area contributed by atoms with Crippen LogP contribution in [0.3, 0.4) is 0 Å². The lowest BCUT2D eigenvalue weighted by atomic mass is 10.2. The van der Waals surface area contributed by atoms with Crippen LogP contribution in [0.25, 0.3) is 0 Å². The first-order valence-corrected chi connectivity index (χ1v) is 9.45. The van der Waals surface area contributed by atoms with Crippen molar-refractivity contribution < 1.29 is 27.9 Å². The lowest BCUT2D eigenvalue weighted by Crippen LogP contribution is -2.14. The molecule has 0 atom stereocenters. The minimum atomic E-state index is -4.51. The van der Waals surface area contributed by atoms with Crippen molar-refractivity contribution in [3.63, 3.8) is 0 Å². The Morgan fingerprint density at radius 3 is 2.26 bits per heavy atom. The molecule has 0 aliphatic heterocycles. The zero-order valence-electron chi connectivity index (χ0n) is 15.6. The molecule has 0 saturated heterocycles. The third-order valence-corrected chi connectivity index (χ3v) is 5.04. The number of nitrogens with one attached hydrogen (secondary N) is 2. The number of nitrogens with zero attached hydrogens (tertiary/aromatic N) is 1. The van der Waals surface area contributed by atoms with Crippen LogP contribution < -0.4 is 16.4 Å². The summed E-state index contributed by atoms with van der Waals surface area (Å²) < 4.78 is 37.8. The van der Waals surface area contributed by atoms with Gasteiger partial charge in [0.05, 0.1) is 5.56 Å². The van der Waals surface area contributed by atoms with Gasteiger partial charge >= 0.3 is 12.3 Å². The van der Waals surface area contributed by atoms with E-state index in [1.807, 2.05) is 0 Å². The summed E-state index contributed by atoms with van der Waals surface area (Å²) in [5.74, 6) is -0.593. The third kappa shape index (κ3) is 5.89. The van der Waals surface area contributed by atoms with Gasteiger partial charge in [-0.3, -0.25) is 10.1 Å². The number of carbonyl (C=O) groups is 2. The summed E-state index contributed by atoms with van der Waals surface area (Å²) in [5.41, 5.74) is 6.08. The number of hydrogen-bond acceptors (Lipinski definition) is 5. The van der Waals surface area contributed by atoms with Crippen LogP contribution in [-0.2, 0) is 6.18 Å². The number of rotatable bonds is 5. The lowest BCUT2D eigenvalue weighted by molar-refractivity contribution is -0.137. The molecule has 3 rings (SSSR count). The number of halogens is 3. The van der Waals surface area contributed by atoms with E-state index in [1.165, 1.54) is 23.9 Å². The van der Waals surface area contributed by atoms with E-state index in [-0.39, 0.29) is 11.4 Å². The predicted octanol–water partition coefficient (Wildman–Crippen LogP) is 5.18.